The van der Waals surface area contributed by atoms with Gasteiger partial charge in [0.05, 0.1) is 53.2 Å². The minimum absolute atomic E-state index is 0.00623. The zero-order valence-electron chi connectivity index (χ0n) is 73.3. The Morgan fingerprint density at radius 1 is 0.466 bits per heavy atom. The summed E-state index contributed by atoms with van der Waals surface area (Å²) in [6.07, 6.45) is -1.18. The number of aromatic nitrogens is 10. The van der Waals surface area contributed by atoms with Crippen molar-refractivity contribution in [2.24, 2.45) is 40.4 Å². The first-order valence-corrected chi connectivity index (χ1v) is 46.8. The van der Waals surface area contributed by atoms with E-state index < -0.39 is 80.5 Å². The third-order valence-corrected chi connectivity index (χ3v) is 25.8. The van der Waals surface area contributed by atoms with Crippen molar-refractivity contribution < 1.29 is 90.5 Å². The minimum atomic E-state index is -4.76. The van der Waals surface area contributed by atoms with Crippen molar-refractivity contribution in [2.75, 3.05) is 32.3 Å². The summed E-state index contributed by atoms with van der Waals surface area (Å²) in [5.74, 6) is -2.76. The van der Waals surface area contributed by atoms with Gasteiger partial charge in [0.2, 0.25) is 40.8 Å². The SMILES string of the molecule is Cc1[nH]n(C)c(=O)c1C(=O)c1ccc(C(F)(F)F)cc1S(C)(=O)=O.Cc1c(C(=O)c2c[nH]n(C)c2=O)ccc(S(C)(=O)=O)c1C1=NOCC1.Cc1ccc(C(=O)COc2c(C(=O)c3ccc(Cl)c(C)c3Cl)c(C)nn2C)cc1.Cc1ccc(S(=O)(=O)Oc2c(C(=O)c3ccc(Cl)cc3Cl)c(C)nn2C)cc1.Cc1nn(C)c(OCC(=O)c2ccccc2)c1C(=O)c1ccc(Cl)cc1Cl. The number of ketones is 7. The first-order chi connectivity index (χ1) is 62.2. The Kier molecular flexibility index (Phi) is 32.4. The number of oxime groups is 1. The number of nitrogens with zero attached hydrogens (tertiary/aromatic N) is 9. The quantitative estimate of drug-likeness (QED) is 0.0419. The van der Waals surface area contributed by atoms with Crippen LogP contribution in [-0.4, -0.2) is 153 Å². The number of H-pyrrole nitrogens is 2. The highest BCUT2D eigenvalue weighted by atomic mass is 35.5. The largest absolute Gasteiger partial charge is 0.469 e. The number of ether oxygens (including phenoxy) is 2. The molecule has 0 radical (unpaired) electrons. The van der Waals surface area contributed by atoms with Crippen molar-refractivity contribution in [1.29, 1.82) is 0 Å². The zero-order chi connectivity index (χ0) is 98.3. The molecule has 0 saturated carbocycles. The van der Waals surface area contributed by atoms with Crippen molar-refractivity contribution in [3.63, 3.8) is 0 Å². The maximum absolute atomic E-state index is 13.2. The second kappa shape index (κ2) is 42.1. The number of rotatable bonds is 24. The Bertz CT molecular complexity index is 7350. The van der Waals surface area contributed by atoms with E-state index in [4.69, 9.17) is 88.1 Å². The standard InChI is InChI=1S/C22H20Cl2N2O3.C20H16Cl2N2O3.C19H16Cl2N2O4S.C16H17N3O5S.C14H13F3N2O4S/c1-12-5-7-15(8-6-12)18(27)11-29-22-19(14(3)25-26(22)4)21(28)16-9-10-17(23)13(2)20(16)24;1-12-18(19(26)15-9-8-14(21)10-16(15)22)20(24(2)23-12)27-11-17(25)13-6-4-3-5-7-13;1-11-4-7-14(8-5-11)28(25,26)27-19-17(12(2)22-23(19)3)18(24)15-9-6-13(20)10-16(15)21;1-9-10(15(20)11-8-17-19(2)16(11)21)4-5-13(25(3,22)23)14(9)12-6-7-24-18-12;1-7-11(13(21)19(2)18-7)12(20)9-5-4-8(14(15,16)17)6-10(9)24(3,22)23/h5-10H,11H2,1-4H3;3-10H,11H2,1-2H3;4-10H,1-3H3;4-5,8,17H,6-7H2,1-3H3;4-6,18H,1-3H3. The molecule has 0 fully saturated rings. The molecule has 1 aliphatic rings. The van der Waals surface area contributed by atoms with Gasteiger partial charge in [0.15, 0.2) is 50.2 Å². The molecular formula is C91H82Cl6F3N11O19S3. The van der Waals surface area contributed by atoms with Gasteiger partial charge in [-0.15, -0.1) is 0 Å². The molecule has 133 heavy (non-hydrogen) atoms. The molecule has 14 rings (SSSR count). The predicted octanol–water partition coefficient (Wildman–Crippen LogP) is 16.5. The van der Waals surface area contributed by atoms with Gasteiger partial charge in [0.25, 0.3) is 11.1 Å². The molecule has 8 aromatic carbocycles. The molecule has 6 heterocycles. The number of sulfone groups is 2. The highest BCUT2D eigenvalue weighted by Gasteiger charge is 2.37. The maximum Gasteiger partial charge on any atom is 0.416 e. The van der Waals surface area contributed by atoms with E-state index in [9.17, 15) is 81.6 Å². The molecular weight excluding hydrogens is 1920 g/mol. The Labute approximate surface area is 790 Å². The molecule has 696 valence electrons. The molecule has 0 aliphatic carbocycles. The molecule has 0 atom stereocenters. The van der Waals surface area contributed by atoms with E-state index in [-0.39, 0.29) is 129 Å². The fourth-order valence-electron chi connectivity index (χ4n) is 13.5. The second-order valence-corrected chi connectivity index (χ2v) is 38.1. The lowest BCUT2D eigenvalue weighted by Gasteiger charge is -2.13. The van der Waals surface area contributed by atoms with E-state index in [0.29, 0.717) is 103 Å². The molecule has 42 heteroatoms. The van der Waals surface area contributed by atoms with Crippen LogP contribution in [0.4, 0.5) is 13.2 Å². The van der Waals surface area contributed by atoms with Gasteiger partial charge in [-0.05, 0) is 158 Å². The topological polar surface area (TPSA) is 400 Å². The number of halogens is 9. The summed E-state index contributed by atoms with van der Waals surface area (Å²) in [7, 11) is -4.15. The Hall–Kier alpha value is -12.7. The molecule has 0 spiro atoms. The fourth-order valence-corrected chi connectivity index (χ4v) is 17.8. The summed E-state index contributed by atoms with van der Waals surface area (Å²) in [5.41, 5.74) is 4.87. The summed E-state index contributed by atoms with van der Waals surface area (Å²) in [6, 6.07) is 39.1. The van der Waals surface area contributed by atoms with Crippen LogP contribution < -0.4 is 24.8 Å². The molecule has 13 aromatic rings. The van der Waals surface area contributed by atoms with E-state index in [1.54, 1.807) is 122 Å². The molecule has 1 aliphatic heterocycles. The summed E-state index contributed by atoms with van der Waals surface area (Å²) < 4.78 is 135. The first kappa shape index (κ1) is 102. The van der Waals surface area contributed by atoms with Gasteiger partial charge < -0.3 is 23.6 Å². The van der Waals surface area contributed by atoms with Gasteiger partial charge in [0, 0.05) is 126 Å². The summed E-state index contributed by atoms with van der Waals surface area (Å²) in [6.45, 7) is 13.5. The average Bonchev–Trinajstić information content (AvgIpc) is 1.06. The summed E-state index contributed by atoms with van der Waals surface area (Å²) in [4.78, 5) is 118. The van der Waals surface area contributed by atoms with Gasteiger partial charge >= 0.3 is 16.3 Å². The number of carbonyl (C=O) groups is 7. The number of carbonyl (C=O) groups excluding carboxylic acids is 7. The van der Waals surface area contributed by atoms with Gasteiger partial charge in [0.1, 0.15) is 39.3 Å². The van der Waals surface area contributed by atoms with Gasteiger partial charge in [-0.1, -0.05) is 153 Å². The average molecular weight is 2000 g/mol. The van der Waals surface area contributed by atoms with Crippen molar-refractivity contribution >= 4 is 146 Å². The Morgan fingerprint density at radius 2 is 0.917 bits per heavy atom. The summed E-state index contributed by atoms with van der Waals surface area (Å²) >= 11 is 36.5. The van der Waals surface area contributed by atoms with Crippen LogP contribution in [0.3, 0.4) is 0 Å². The van der Waals surface area contributed by atoms with E-state index in [0.717, 1.165) is 28.1 Å². The van der Waals surface area contributed by atoms with Gasteiger partial charge in [-0.25, -0.2) is 30.9 Å². The predicted molar refractivity (Wildman–Crippen MR) is 494 cm³/mol. The van der Waals surface area contributed by atoms with Crippen LogP contribution in [0.25, 0.3) is 0 Å². The van der Waals surface area contributed by atoms with Crippen LogP contribution in [-0.2, 0) is 76.0 Å². The number of aromatic amines is 2. The number of alkyl halides is 3. The molecule has 0 saturated heterocycles. The van der Waals surface area contributed by atoms with Crippen LogP contribution in [0.1, 0.15) is 163 Å². The Balaban J connectivity index is 0.000000173. The van der Waals surface area contributed by atoms with E-state index in [1.165, 1.54) is 102 Å². The number of nitrogens with one attached hydrogen (secondary N) is 2. The lowest BCUT2D eigenvalue weighted by atomic mass is 9.93. The molecule has 5 aromatic heterocycles. The summed E-state index contributed by atoms with van der Waals surface area (Å²) in [5, 5.41) is 23.8. The molecule has 2 N–H and O–H groups in total. The van der Waals surface area contributed by atoms with Crippen molar-refractivity contribution in [1.82, 2.24) is 48.9 Å². The van der Waals surface area contributed by atoms with Gasteiger partial charge in [-0.2, -0.15) is 36.9 Å². The normalized spacial score (nSPS) is 11.9. The molecule has 0 amide bonds. The van der Waals surface area contributed by atoms with Crippen molar-refractivity contribution in [2.45, 2.75) is 82.7 Å². The van der Waals surface area contributed by atoms with Crippen LogP contribution in [0.2, 0.25) is 30.1 Å². The highest BCUT2D eigenvalue weighted by molar-refractivity contribution is 7.91. The first-order valence-electron chi connectivity index (χ1n) is 39.3. The molecule has 30 nitrogen and oxygen atoms in total. The van der Waals surface area contributed by atoms with E-state index in [1.807, 2.05) is 32.0 Å². The van der Waals surface area contributed by atoms with Crippen molar-refractivity contribution in [3.05, 3.63) is 338 Å². The number of hydrogen-bond donors (Lipinski definition) is 2. The fraction of sp³-hybridized carbons (Fsp3) is 0.220. The second-order valence-electron chi connectivity index (χ2n) is 30.1. The van der Waals surface area contributed by atoms with Crippen LogP contribution in [0.15, 0.2) is 193 Å². The lowest BCUT2D eigenvalue weighted by Crippen LogP contribution is -2.21. The smallest absolute Gasteiger partial charge is 0.416 e. The van der Waals surface area contributed by atoms with Gasteiger partial charge in [-0.3, -0.25) is 57.6 Å². The highest BCUT2D eigenvalue weighted by Crippen LogP contribution is 2.38. The number of aryl methyl sites for hydroxylation is 11. The van der Waals surface area contributed by atoms with Crippen LogP contribution >= 0.6 is 69.6 Å². The van der Waals surface area contributed by atoms with E-state index >= 15 is 0 Å². The monoisotopic (exact) mass is 2000 g/mol. The van der Waals surface area contributed by atoms with Crippen LogP contribution in [0.5, 0.6) is 17.6 Å². The third kappa shape index (κ3) is 23.7. The lowest BCUT2D eigenvalue weighted by molar-refractivity contribution is -0.137. The maximum atomic E-state index is 13.2. The number of benzene rings is 8. The minimum Gasteiger partial charge on any atom is -0.469 e. The number of Topliss-reactive ketones (excluding diaryl/α,β-unsaturated/α-hetero) is 2. The van der Waals surface area contributed by atoms with E-state index in [2.05, 4.69) is 30.6 Å². The zero-order valence-corrected chi connectivity index (χ0v) is 80.3. The Morgan fingerprint density at radius 3 is 1.37 bits per heavy atom. The molecule has 0 unspecified atom stereocenters. The molecule has 0 bridgehead atoms. The number of hydrogen-bond acceptors (Lipinski definition) is 23. The third-order valence-electron chi connectivity index (χ3n) is 20.3. The van der Waals surface area contributed by atoms with Crippen molar-refractivity contribution in [3.8, 4) is 17.6 Å². The van der Waals surface area contributed by atoms with Crippen LogP contribution in [0, 0.1) is 55.4 Å².